The van der Waals surface area contributed by atoms with E-state index in [2.05, 4.69) is 10.5 Å². The van der Waals surface area contributed by atoms with E-state index in [-0.39, 0.29) is 0 Å². The Balaban J connectivity index is 2.41. The van der Waals surface area contributed by atoms with Crippen molar-refractivity contribution in [1.82, 2.24) is 15.2 Å². The maximum Gasteiger partial charge on any atom is 0.260 e. The Morgan fingerprint density at radius 2 is 1.88 bits per heavy atom. The molecule has 0 saturated carbocycles. The van der Waals surface area contributed by atoms with E-state index in [9.17, 15) is 8.78 Å². The summed E-state index contributed by atoms with van der Waals surface area (Å²) in [4.78, 5) is 0. The summed E-state index contributed by atoms with van der Waals surface area (Å²) in [6.45, 7) is 0. The number of nitrogens with zero attached hydrogens (tertiary/aromatic N) is 2. The van der Waals surface area contributed by atoms with Crippen LogP contribution in [0.5, 0.6) is 0 Å². The van der Waals surface area contributed by atoms with Gasteiger partial charge in [0, 0.05) is 6.20 Å². The summed E-state index contributed by atoms with van der Waals surface area (Å²) < 4.78 is 27.0. The number of rotatable bonds is 4. The lowest BCUT2D eigenvalue weighted by Crippen LogP contribution is -2.34. The summed E-state index contributed by atoms with van der Waals surface area (Å²) in [5.41, 5.74) is 3.15. The first-order valence-electron chi connectivity index (χ1n) is 5.07. The van der Waals surface area contributed by atoms with Crippen LogP contribution in [-0.4, -0.2) is 16.2 Å². The van der Waals surface area contributed by atoms with E-state index in [0.717, 1.165) is 0 Å². The fraction of sp³-hybridized carbons (Fsp3) is 0.182. The molecule has 0 saturated heterocycles. The SMILES string of the molecule is NNC(c1ccnn1-c1ccccc1)C(F)F. The van der Waals surface area contributed by atoms with Gasteiger partial charge in [-0.3, -0.25) is 5.84 Å². The van der Waals surface area contributed by atoms with Gasteiger partial charge < -0.3 is 0 Å². The molecule has 1 atom stereocenters. The van der Waals surface area contributed by atoms with Crippen LogP contribution < -0.4 is 11.3 Å². The molecule has 90 valence electrons. The molecule has 0 amide bonds. The summed E-state index contributed by atoms with van der Waals surface area (Å²) in [5, 5.41) is 4.03. The molecule has 0 aliphatic heterocycles. The molecular formula is C11H12F2N4. The van der Waals surface area contributed by atoms with Gasteiger partial charge in [0.05, 0.1) is 11.4 Å². The van der Waals surface area contributed by atoms with Crippen molar-refractivity contribution in [1.29, 1.82) is 0 Å². The van der Waals surface area contributed by atoms with Crippen LogP contribution in [0.25, 0.3) is 5.69 Å². The van der Waals surface area contributed by atoms with Gasteiger partial charge in [-0.05, 0) is 18.2 Å². The second-order valence-electron chi connectivity index (χ2n) is 3.48. The maximum absolute atomic E-state index is 12.8. The van der Waals surface area contributed by atoms with Crippen LogP contribution >= 0.6 is 0 Å². The number of alkyl halides is 2. The molecule has 1 aromatic heterocycles. The normalized spacial score (nSPS) is 12.9. The largest absolute Gasteiger partial charge is 0.271 e. The topological polar surface area (TPSA) is 55.9 Å². The Labute approximate surface area is 97.0 Å². The number of halogens is 2. The molecule has 2 rings (SSSR count). The van der Waals surface area contributed by atoms with E-state index in [1.165, 1.54) is 16.9 Å². The smallest absolute Gasteiger partial charge is 0.260 e. The van der Waals surface area contributed by atoms with Crippen molar-refractivity contribution in [3.05, 3.63) is 48.3 Å². The summed E-state index contributed by atoms with van der Waals surface area (Å²) in [6, 6.07) is 9.33. The molecule has 2 aromatic rings. The molecular weight excluding hydrogens is 226 g/mol. The fourth-order valence-electron chi connectivity index (χ4n) is 1.62. The molecule has 0 radical (unpaired) electrons. The van der Waals surface area contributed by atoms with Crippen LogP contribution in [0.4, 0.5) is 8.78 Å². The van der Waals surface area contributed by atoms with Crippen LogP contribution in [-0.2, 0) is 0 Å². The van der Waals surface area contributed by atoms with Gasteiger partial charge >= 0.3 is 0 Å². The van der Waals surface area contributed by atoms with Gasteiger partial charge in [-0.25, -0.2) is 18.9 Å². The molecule has 17 heavy (non-hydrogen) atoms. The minimum absolute atomic E-state index is 0.328. The van der Waals surface area contributed by atoms with Crippen molar-refractivity contribution in [2.75, 3.05) is 0 Å². The van der Waals surface area contributed by atoms with Crippen LogP contribution in [0.1, 0.15) is 11.7 Å². The number of benzene rings is 1. The van der Waals surface area contributed by atoms with Gasteiger partial charge in [-0.2, -0.15) is 5.10 Å². The second kappa shape index (κ2) is 5.03. The quantitative estimate of drug-likeness (QED) is 0.629. The average Bonchev–Trinajstić information content (AvgIpc) is 2.80. The fourth-order valence-corrected chi connectivity index (χ4v) is 1.62. The number of nitrogens with one attached hydrogen (secondary N) is 1. The zero-order valence-electron chi connectivity index (χ0n) is 8.92. The van der Waals surface area contributed by atoms with Crippen molar-refractivity contribution >= 4 is 0 Å². The number of hydrogen-bond donors (Lipinski definition) is 2. The predicted octanol–water partition coefficient (Wildman–Crippen LogP) is 1.64. The van der Waals surface area contributed by atoms with E-state index in [0.29, 0.717) is 11.4 Å². The first kappa shape index (κ1) is 11.7. The molecule has 0 fully saturated rings. The highest BCUT2D eigenvalue weighted by Crippen LogP contribution is 2.21. The number of hydrogen-bond acceptors (Lipinski definition) is 3. The third kappa shape index (κ3) is 2.32. The minimum atomic E-state index is -2.60. The summed E-state index contributed by atoms with van der Waals surface area (Å²) in [5.74, 6) is 5.14. The first-order chi connectivity index (χ1) is 8.24. The molecule has 3 N–H and O–H groups in total. The molecule has 6 heteroatoms. The summed E-state index contributed by atoms with van der Waals surface area (Å²) in [7, 11) is 0. The van der Waals surface area contributed by atoms with Gasteiger partial charge in [0.1, 0.15) is 6.04 Å². The Bertz CT molecular complexity index is 469. The Hall–Kier alpha value is -1.79. The van der Waals surface area contributed by atoms with Gasteiger partial charge in [-0.1, -0.05) is 18.2 Å². The van der Waals surface area contributed by atoms with Gasteiger partial charge in [-0.15, -0.1) is 0 Å². The average molecular weight is 238 g/mol. The standard InChI is InChI=1S/C11H12F2N4/c12-11(13)10(16-14)9-6-7-15-17(9)8-4-2-1-3-5-8/h1-7,10-11,16H,14H2. The molecule has 0 bridgehead atoms. The highest BCUT2D eigenvalue weighted by molar-refractivity contribution is 5.33. The van der Waals surface area contributed by atoms with Crippen molar-refractivity contribution < 1.29 is 8.78 Å². The van der Waals surface area contributed by atoms with Crippen molar-refractivity contribution in [3.8, 4) is 5.69 Å². The van der Waals surface area contributed by atoms with Gasteiger partial charge in [0.15, 0.2) is 0 Å². The Morgan fingerprint density at radius 1 is 1.18 bits per heavy atom. The zero-order chi connectivity index (χ0) is 12.3. The second-order valence-corrected chi connectivity index (χ2v) is 3.48. The van der Waals surface area contributed by atoms with E-state index in [1.54, 1.807) is 12.1 Å². The lowest BCUT2D eigenvalue weighted by Gasteiger charge is -2.16. The van der Waals surface area contributed by atoms with Crippen LogP contribution in [0.2, 0.25) is 0 Å². The lowest BCUT2D eigenvalue weighted by atomic mass is 10.2. The number of para-hydroxylation sites is 1. The summed E-state index contributed by atoms with van der Waals surface area (Å²) >= 11 is 0. The van der Waals surface area contributed by atoms with Crippen molar-refractivity contribution in [3.63, 3.8) is 0 Å². The Morgan fingerprint density at radius 3 is 2.47 bits per heavy atom. The van der Waals surface area contributed by atoms with Gasteiger partial charge in [0.25, 0.3) is 6.43 Å². The molecule has 1 aromatic carbocycles. The predicted molar refractivity (Wildman–Crippen MR) is 59.6 cm³/mol. The Kier molecular flexibility index (Phi) is 3.46. The molecule has 4 nitrogen and oxygen atoms in total. The molecule has 1 heterocycles. The number of hydrazine groups is 1. The molecule has 0 aliphatic carbocycles. The van der Waals surface area contributed by atoms with Crippen LogP contribution in [0.15, 0.2) is 42.6 Å². The minimum Gasteiger partial charge on any atom is -0.271 e. The van der Waals surface area contributed by atoms with Crippen molar-refractivity contribution in [2.24, 2.45) is 5.84 Å². The summed E-state index contributed by atoms with van der Waals surface area (Å²) in [6.07, 6.45) is -1.13. The third-order valence-corrected chi connectivity index (χ3v) is 2.42. The highest BCUT2D eigenvalue weighted by atomic mass is 19.3. The molecule has 1 unspecified atom stereocenters. The molecule has 0 aliphatic rings. The van der Waals surface area contributed by atoms with Crippen molar-refractivity contribution in [2.45, 2.75) is 12.5 Å². The lowest BCUT2D eigenvalue weighted by molar-refractivity contribution is 0.0956. The van der Waals surface area contributed by atoms with E-state index >= 15 is 0 Å². The number of aromatic nitrogens is 2. The third-order valence-electron chi connectivity index (χ3n) is 2.42. The maximum atomic E-state index is 12.8. The monoisotopic (exact) mass is 238 g/mol. The van der Waals surface area contributed by atoms with E-state index in [1.807, 2.05) is 18.2 Å². The first-order valence-corrected chi connectivity index (χ1v) is 5.07. The van der Waals surface area contributed by atoms with Crippen LogP contribution in [0.3, 0.4) is 0 Å². The van der Waals surface area contributed by atoms with Gasteiger partial charge in [0.2, 0.25) is 0 Å². The molecule has 0 spiro atoms. The van der Waals surface area contributed by atoms with Crippen LogP contribution in [0, 0.1) is 0 Å². The van der Waals surface area contributed by atoms with E-state index < -0.39 is 12.5 Å². The highest BCUT2D eigenvalue weighted by Gasteiger charge is 2.24. The van der Waals surface area contributed by atoms with E-state index in [4.69, 9.17) is 5.84 Å². The zero-order valence-corrected chi connectivity index (χ0v) is 8.92. The number of nitrogens with two attached hydrogens (primary N) is 1.